The van der Waals surface area contributed by atoms with Gasteiger partial charge in [0, 0.05) is 13.1 Å². The van der Waals surface area contributed by atoms with Crippen molar-refractivity contribution in [1.29, 1.82) is 0 Å². The summed E-state index contributed by atoms with van der Waals surface area (Å²) in [6.45, 7) is 3.47. The highest BCUT2D eigenvalue weighted by molar-refractivity contribution is 5.68. The lowest BCUT2D eigenvalue weighted by Crippen LogP contribution is -2.04. The fraction of sp³-hybridized carbons (Fsp3) is 0.333. The van der Waals surface area contributed by atoms with Gasteiger partial charge in [-0.2, -0.15) is 0 Å². The van der Waals surface area contributed by atoms with E-state index < -0.39 is 0 Å². The number of benzene rings is 1. The lowest BCUT2D eigenvalue weighted by atomic mass is 10.2. The van der Waals surface area contributed by atoms with Crippen LogP contribution in [0.2, 0.25) is 0 Å². The molecule has 2 aromatic rings. The molecule has 0 unspecified atom stereocenters. The summed E-state index contributed by atoms with van der Waals surface area (Å²) < 4.78 is 1.94. The fourth-order valence-electron chi connectivity index (χ4n) is 1.90. The SMILES string of the molecule is CCCCn1nnc(CN)c1/C=C/c1ccccc1. The van der Waals surface area contributed by atoms with Gasteiger partial charge in [0.1, 0.15) is 5.69 Å². The zero-order valence-electron chi connectivity index (χ0n) is 11.3. The van der Waals surface area contributed by atoms with E-state index in [1.807, 2.05) is 29.0 Å². The first-order chi connectivity index (χ1) is 9.35. The van der Waals surface area contributed by atoms with Crippen molar-refractivity contribution in [3.8, 4) is 0 Å². The van der Waals surface area contributed by atoms with Crippen molar-refractivity contribution in [2.24, 2.45) is 5.73 Å². The van der Waals surface area contributed by atoms with Crippen LogP contribution in [0.1, 0.15) is 36.7 Å². The molecule has 0 radical (unpaired) electrons. The van der Waals surface area contributed by atoms with Crippen LogP contribution in [0, 0.1) is 0 Å². The van der Waals surface area contributed by atoms with Crippen LogP contribution in [-0.4, -0.2) is 15.0 Å². The van der Waals surface area contributed by atoms with Crippen LogP contribution >= 0.6 is 0 Å². The molecule has 0 spiro atoms. The molecular formula is C15H20N4. The molecule has 2 N–H and O–H groups in total. The molecule has 0 aliphatic heterocycles. The van der Waals surface area contributed by atoms with Crippen molar-refractivity contribution in [1.82, 2.24) is 15.0 Å². The minimum atomic E-state index is 0.417. The third-order valence-electron chi connectivity index (χ3n) is 3.00. The molecule has 0 saturated heterocycles. The molecule has 100 valence electrons. The standard InChI is InChI=1S/C15H20N4/c1-2-3-11-19-15(14(12-16)17-18-19)10-9-13-7-5-4-6-8-13/h4-10H,2-3,11-12,16H2,1H3/b10-9+. The average Bonchev–Trinajstić information content (AvgIpc) is 2.86. The monoisotopic (exact) mass is 256 g/mol. The quantitative estimate of drug-likeness (QED) is 0.864. The summed E-state index contributed by atoms with van der Waals surface area (Å²) in [4.78, 5) is 0. The largest absolute Gasteiger partial charge is 0.325 e. The van der Waals surface area contributed by atoms with Crippen LogP contribution in [-0.2, 0) is 13.1 Å². The molecular weight excluding hydrogens is 236 g/mol. The highest BCUT2D eigenvalue weighted by atomic mass is 15.4. The third-order valence-corrected chi connectivity index (χ3v) is 3.00. The summed E-state index contributed by atoms with van der Waals surface area (Å²) >= 11 is 0. The summed E-state index contributed by atoms with van der Waals surface area (Å²) in [5, 5.41) is 8.31. The van der Waals surface area contributed by atoms with E-state index in [2.05, 4.69) is 35.4 Å². The van der Waals surface area contributed by atoms with Crippen molar-refractivity contribution in [3.05, 3.63) is 47.3 Å². The van der Waals surface area contributed by atoms with E-state index in [-0.39, 0.29) is 0 Å². The lowest BCUT2D eigenvalue weighted by molar-refractivity contribution is 0.549. The van der Waals surface area contributed by atoms with Crippen LogP contribution in [0.25, 0.3) is 12.2 Å². The second-order valence-corrected chi connectivity index (χ2v) is 4.45. The van der Waals surface area contributed by atoms with Crippen LogP contribution in [0.5, 0.6) is 0 Å². The van der Waals surface area contributed by atoms with Crippen molar-refractivity contribution in [3.63, 3.8) is 0 Å². The Morgan fingerprint density at radius 1 is 1.21 bits per heavy atom. The van der Waals surface area contributed by atoms with Crippen molar-refractivity contribution in [2.75, 3.05) is 0 Å². The topological polar surface area (TPSA) is 56.7 Å². The van der Waals surface area contributed by atoms with E-state index in [0.29, 0.717) is 6.54 Å². The predicted molar refractivity (Wildman–Crippen MR) is 78.2 cm³/mol. The molecule has 0 aliphatic rings. The van der Waals surface area contributed by atoms with Gasteiger partial charge in [-0.25, -0.2) is 4.68 Å². The van der Waals surface area contributed by atoms with Gasteiger partial charge >= 0.3 is 0 Å². The Morgan fingerprint density at radius 3 is 2.68 bits per heavy atom. The Kier molecular flexibility index (Phi) is 4.86. The molecule has 2 rings (SSSR count). The van der Waals surface area contributed by atoms with Gasteiger partial charge in [-0.05, 0) is 18.1 Å². The maximum atomic E-state index is 5.71. The predicted octanol–water partition coefficient (Wildman–Crippen LogP) is 2.71. The molecule has 19 heavy (non-hydrogen) atoms. The summed E-state index contributed by atoms with van der Waals surface area (Å²) in [6.07, 6.45) is 6.35. The minimum Gasteiger partial charge on any atom is -0.325 e. The van der Waals surface area contributed by atoms with E-state index in [9.17, 15) is 0 Å². The van der Waals surface area contributed by atoms with Crippen LogP contribution < -0.4 is 5.73 Å². The van der Waals surface area contributed by atoms with E-state index in [4.69, 9.17) is 5.73 Å². The number of aromatic nitrogens is 3. The Labute approximate surface area is 113 Å². The Balaban J connectivity index is 2.22. The number of hydrogen-bond acceptors (Lipinski definition) is 3. The van der Waals surface area contributed by atoms with Gasteiger partial charge in [-0.1, -0.05) is 55.0 Å². The van der Waals surface area contributed by atoms with Gasteiger partial charge in [0.25, 0.3) is 0 Å². The summed E-state index contributed by atoms with van der Waals surface area (Å²) in [5.74, 6) is 0. The first-order valence-electron chi connectivity index (χ1n) is 6.70. The molecule has 1 heterocycles. The van der Waals surface area contributed by atoms with Gasteiger partial charge in [0.2, 0.25) is 0 Å². The number of nitrogens with zero attached hydrogens (tertiary/aromatic N) is 3. The van der Waals surface area contributed by atoms with Crippen molar-refractivity contribution in [2.45, 2.75) is 32.9 Å². The lowest BCUT2D eigenvalue weighted by Gasteiger charge is -2.02. The number of nitrogens with two attached hydrogens (primary N) is 1. The number of rotatable bonds is 6. The average molecular weight is 256 g/mol. The Hall–Kier alpha value is -1.94. The van der Waals surface area contributed by atoms with E-state index in [0.717, 1.165) is 36.3 Å². The number of hydrogen-bond donors (Lipinski definition) is 1. The normalized spacial score (nSPS) is 11.3. The number of unbranched alkanes of at least 4 members (excludes halogenated alkanes) is 1. The van der Waals surface area contributed by atoms with Gasteiger partial charge in [0.15, 0.2) is 0 Å². The Bertz CT molecular complexity index is 528. The second kappa shape index (κ2) is 6.85. The van der Waals surface area contributed by atoms with Crippen LogP contribution in [0.4, 0.5) is 0 Å². The summed E-state index contributed by atoms with van der Waals surface area (Å²) in [7, 11) is 0. The third kappa shape index (κ3) is 3.51. The van der Waals surface area contributed by atoms with Crippen LogP contribution in [0.3, 0.4) is 0 Å². The van der Waals surface area contributed by atoms with Crippen molar-refractivity contribution < 1.29 is 0 Å². The zero-order chi connectivity index (χ0) is 13.5. The molecule has 0 atom stereocenters. The van der Waals surface area contributed by atoms with Gasteiger partial charge in [-0.15, -0.1) is 5.10 Å². The fourth-order valence-corrected chi connectivity index (χ4v) is 1.90. The van der Waals surface area contributed by atoms with Gasteiger partial charge in [0.05, 0.1) is 5.69 Å². The van der Waals surface area contributed by atoms with Crippen molar-refractivity contribution >= 4 is 12.2 Å². The summed E-state index contributed by atoms with van der Waals surface area (Å²) in [5.41, 5.74) is 8.74. The molecule has 1 aromatic heterocycles. The zero-order valence-corrected chi connectivity index (χ0v) is 11.3. The first-order valence-corrected chi connectivity index (χ1v) is 6.70. The van der Waals surface area contributed by atoms with E-state index >= 15 is 0 Å². The maximum absolute atomic E-state index is 5.71. The maximum Gasteiger partial charge on any atom is 0.104 e. The molecule has 1 aromatic carbocycles. The minimum absolute atomic E-state index is 0.417. The molecule has 0 aliphatic carbocycles. The van der Waals surface area contributed by atoms with Gasteiger partial charge in [-0.3, -0.25) is 0 Å². The highest BCUT2D eigenvalue weighted by Crippen LogP contribution is 2.12. The van der Waals surface area contributed by atoms with E-state index in [1.54, 1.807) is 0 Å². The van der Waals surface area contributed by atoms with E-state index in [1.165, 1.54) is 0 Å². The summed E-state index contributed by atoms with van der Waals surface area (Å²) in [6, 6.07) is 10.2. The van der Waals surface area contributed by atoms with Crippen LogP contribution in [0.15, 0.2) is 30.3 Å². The highest BCUT2D eigenvalue weighted by Gasteiger charge is 2.07. The smallest absolute Gasteiger partial charge is 0.104 e. The van der Waals surface area contributed by atoms with Gasteiger partial charge < -0.3 is 5.73 Å². The molecule has 0 fully saturated rings. The first kappa shape index (κ1) is 13.5. The molecule has 0 amide bonds. The number of aryl methyl sites for hydroxylation is 1. The molecule has 0 saturated carbocycles. The molecule has 0 bridgehead atoms. The second-order valence-electron chi connectivity index (χ2n) is 4.45. The molecule has 4 nitrogen and oxygen atoms in total. The molecule has 4 heteroatoms. The Morgan fingerprint density at radius 2 is 2.00 bits per heavy atom.